The van der Waals surface area contributed by atoms with E-state index in [2.05, 4.69) is 9.97 Å². The number of benzene rings is 1. The molecule has 0 aliphatic carbocycles. The molecule has 2 heterocycles. The van der Waals surface area contributed by atoms with Gasteiger partial charge in [-0.3, -0.25) is 13.9 Å². The second-order valence-electron chi connectivity index (χ2n) is 4.79. The van der Waals surface area contributed by atoms with Crippen LogP contribution in [-0.4, -0.2) is 26.3 Å². The Hall–Kier alpha value is -2.28. The number of hydrogen-bond acceptors (Lipinski definition) is 5. The van der Waals surface area contributed by atoms with Crippen molar-refractivity contribution in [1.29, 1.82) is 0 Å². The number of nitrogen functional groups attached to an aromatic ring is 1. The van der Waals surface area contributed by atoms with E-state index in [-0.39, 0.29) is 23.3 Å². The Kier molecular flexibility index (Phi) is 3.42. The van der Waals surface area contributed by atoms with Gasteiger partial charge in [-0.05, 0) is 5.56 Å². The van der Waals surface area contributed by atoms with Crippen LogP contribution < -0.4 is 10.6 Å². The standard InChI is InChI=1S/C14H14N4O2S/c1-21(20)14-16-12(15)10-7-11(19)18(13(10)17-14)8-9-5-3-2-4-6-9/h2-6H,7-8H2,1H3,(H2,15,16,17). The number of aromatic nitrogens is 2. The van der Waals surface area contributed by atoms with E-state index in [0.29, 0.717) is 17.9 Å². The van der Waals surface area contributed by atoms with Crippen molar-refractivity contribution < 1.29 is 9.00 Å². The van der Waals surface area contributed by atoms with Gasteiger partial charge in [-0.15, -0.1) is 0 Å². The number of anilines is 2. The molecule has 0 bridgehead atoms. The molecule has 1 aliphatic heterocycles. The number of hydrogen-bond donors (Lipinski definition) is 1. The lowest BCUT2D eigenvalue weighted by Crippen LogP contribution is -2.26. The second-order valence-corrected chi connectivity index (χ2v) is 6.06. The summed E-state index contributed by atoms with van der Waals surface area (Å²) in [5, 5.41) is 0.152. The second kappa shape index (κ2) is 5.25. The first kappa shape index (κ1) is 13.7. The molecule has 1 atom stereocenters. The molecule has 1 aromatic heterocycles. The molecule has 0 saturated carbocycles. The lowest BCUT2D eigenvalue weighted by molar-refractivity contribution is -0.117. The lowest BCUT2D eigenvalue weighted by Gasteiger charge is -2.17. The number of amides is 1. The van der Waals surface area contributed by atoms with Crippen LogP contribution in [0.25, 0.3) is 0 Å². The average molecular weight is 302 g/mol. The van der Waals surface area contributed by atoms with E-state index in [1.54, 1.807) is 4.90 Å². The number of rotatable bonds is 3. The number of nitrogens with two attached hydrogens (primary N) is 1. The molecular weight excluding hydrogens is 288 g/mol. The van der Waals surface area contributed by atoms with E-state index < -0.39 is 10.8 Å². The molecule has 0 fully saturated rings. The Morgan fingerprint density at radius 3 is 2.67 bits per heavy atom. The Morgan fingerprint density at radius 1 is 1.29 bits per heavy atom. The van der Waals surface area contributed by atoms with Crippen molar-refractivity contribution in [3.63, 3.8) is 0 Å². The molecule has 2 aromatic rings. The van der Waals surface area contributed by atoms with Crippen LogP contribution in [-0.2, 0) is 28.6 Å². The first-order chi connectivity index (χ1) is 10.1. The Bertz CT molecular complexity index is 733. The minimum atomic E-state index is -1.34. The van der Waals surface area contributed by atoms with Crippen LogP contribution in [0.1, 0.15) is 11.1 Å². The molecule has 3 rings (SSSR count). The summed E-state index contributed by atoms with van der Waals surface area (Å²) in [5.41, 5.74) is 7.48. The van der Waals surface area contributed by atoms with Gasteiger partial charge in [-0.25, -0.2) is 9.97 Å². The van der Waals surface area contributed by atoms with Gasteiger partial charge in [0.05, 0.1) is 23.8 Å². The van der Waals surface area contributed by atoms with Crippen molar-refractivity contribution in [1.82, 2.24) is 9.97 Å². The SMILES string of the molecule is CS(=O)c1nc(N)c2c(n1)N(Cc1ccccc1)C(=O)C2. The zero-order valence-electron chi connectivity index (χ0n) is 11.4. The third-order valence-corrected chi connectivity index (χ3v) is 4.02. The van der Waals surface area contributed by atoms with Crippen LogP contribution in [0.2, 0.25) is 0 Å². The molecule has 21 heavy (non-hydrogen) atoms. The normalized spacial score (nSPS) is 15.1. The topological polar surface area (TPSA) is 89.2 Å². The molecule has 0 saturated heterocycles. The summed E-state index contributed by atoms with van der Waals surface area (Å²) in [5.74, 6) is 0.629. The Labute approximate surface area is 124 Å². The maximum Gasteiger partial charge on any atom is 0.233 e. The third-order valence-electron chi connectivity index (χ3n) is 3.32. The maximum atomic E-state index is 12.2. The van der Waals surface area contributed by atoms with Crippen molar-refractivity contribution in [2.24, 2.45) is 0 Å². The lowest BCUT2D eigenvalue weighted by atomic mass is 10.2. The van der Waals surface area contributed by atoms with Crippen molar-refractivity contribution in [2.45, 2.75) is 18.1 Å². The van der Waals surface area contributed by atoms with Gasteiger partial charge in [0.25, 0.3) is 0 Å². The van der Waals surface area contributed by atoms with Crippen molar-refractivity contribution >= 4 is 28.3 Å². The zero-order chi connectivity index (χ0) is 15.0. The van der Waals surface area contributed by atoms with E-state index in [9.17, 15) is 9.00 Å². The fourth-order valence-corrected chi connectivity index (χ4v) is 2.73. The fourth-order valence-electron chi connectivity index (χ4n) is 2.28. The summed E-state index contributed by atoms with van der Waals surface area (Å²) in [7, 11) is -1.34. The first-order valence-electron chi connectivity index (χ1n) is 6.40. The third kappa shape index (κ3) is 2.52. The van der Waals surface area contributed by atoms with Crippen molar-refractivity contribution in [2.75, 3.05) is 16.9 Å². The van der Waals surface area contributed by atoms with Crippen molar-refractivity contribution in [3.8, 4) is 0 Å². The first-order valence-corrected chi connectivity index (χ1v) is 7.96. The van der Waals surface area contributed by atoms with Gasteiger partial charge in [0.2, 0.25) is 11.1 Å². The molecule has 2 N–H and O–H groups in total. The van der Waals surface area contributed by atoms with E-state index in [4.69, 9.17) is 5.73 Å². The highest BCUT2D eigenvalue weighted by Gasteiger charge is 2.32. The van der Waals surface area contributed by atoms with Gasteiger partial charge >= 0.3 is 0 Å². The van der Waals surface area contributed by atoms with Crippen LogP contribution in [0.4, 0.5) is 11.6 Å². The van der Waals surface area contributed by atoms with Crippen molar-refractivity contribution in [3.05, 3.63) is 41.5 Å². The molecule has 1 aromatic carbocycles. The fraction of sp³-hybridized carbons (Fsp3) is 0.214. The van der Waals surface area contributed by atoms with Gasteiger partial charge < -0.3 is 5.73 Å². The Balaban J connectivity index is 2.02. The van der Waals surface area contributed by atoms with E-state index in [0.717, 1.165) is 5.56 Å². The number of carbonyl (C=O) groups excluding carboxylic acids is 1. The number of nitrogens with zero attached hydrogens (tertiary/aromatic N) is 3. The Morgan fingerprint density at radius 2 is 2.00 bits per heavy atom. The summed E-state index contributed by atoms with van der Waals surface area (Å²) >= 11 is 0. The molecular formula is C14H14N4O2S. The summed E-state index contributed by atoms with van der Waals surface area (Å²) in [6, 6.07) is 9.63. The smallest absolute Gasteiger partial charge is 0.233 e. The van der Waals surface area contributed by atoms with Crippen LogP contribution in [0.5, 0.6) is 0 Å². The molecule has 1 unspecified atom stereocenters. The summed E-state index contributed by atoms with van der Waals surface area (Å²) < 4.78 is 11.6. The molecule has 7 heteroatoms. The zero-order valence-corrected chi connectivity index (χ0v) is 12.3. The monoisotopic (exact) mass is 302 g/mol. The average Bonchev–Trinajstić information content (AvgIpc) is 2.77. The van der Waals surface area contributed by atoms with Gasteiger partial charge in [0.1, 0.15) is 11.6 Å². The van der Waals surface area contributed by atoms with E-state index in [1.165, 1.54) is 6.26 Å². The van der Waals surface area contributed by atoms with E-state index >= 15 is 0 Å². The highest BCUT2D eigenvalue weighted by atomic mass is 32.2. The molecule has 1 aliphatic rings. The van der Waals surface area contributed by atoms with Gasteiger partial charge in [0, 0.05) is 11.8 Å². The quantitative estimate of drug-likeness (QED) is 0.850. The summed E-state index contributed by atoms with van der Waals surface area (Å²) in [6.07, 6.45) is 1.67. The van der Waals surface area contributed by atoms with Gasteiger partial charge in [0.15, 0.2) is 0 Å². The van der Waals surface area contributed by atoms with E-state index in [1.807, 2.05) is 30.3 Å². The van der Waals surface area contributed by atoms with Gasteiger partial charge in [-0.2, -0.15) is 0 Å². The number of fused-ring (bicyclic) bond motifs is 1. The highest BCUT2D eigenvalue weighted by molar-refractivity contribution is 7.84. The van der Waals surface area contributed by atoms with Crippen LogP contribution in [0, 0.1) is 0 Å². The molecule has 0 radical (unpaired) electrons. The summed E-state index contributed by atoms with van der Waals surface area (Å²) in [6.45, 7) is 0.416. The predicted octanol–water partition coefficient (Wildman–Crippen LogP) is 0.885. The minimum Gasteiger partial charge on any atom is -0.383 e. The molecule has 1 amide bonds. The minimum absolute atomic E-state index is 0.0751. The molecule has 108 valence electrons. The summed E-state index contributed by atoms with van der Waals surface area (Å²) in [4.78, 5) is 22.0. The van der Waals surface area contributed by atoms with Crippen LogP contribution >= 0.6 is 0 Å². The largest absolute Gasteiger partial charge is 0.383 e. The maximum absolute atomic E-state index is 12.2. The molecule has 6 nitrogen and oxygen atoms in total. The highest BCUT2D eigenvalue weighted by Crippen LogP contribution is 2.32. The molecule has 0 spiro atoms. The van der Waals surface area contributed by atoms with Crippen LogP contribution in [0.15, 0.2) is 35.5 Å². The van der Waals surface area contributed by atoms with Gasteiger partial charge in [-0.1, -0.05) is 30.3 Å². The number of carbonyl (C=O) groups is 1. The predicted molar refractivity (Wildman–Crippen MR) is 80.1 cm³/mol. The van der Waals surface area contributed by atoms with Crippen LogP contribution in [0.3, 0.4) is 0 Å².